The molecular formula is C4H6N2OS. The number of aromatic hydroxyl groups is 1. The minimum Gasteiger partial charge on any atom is -0.493 e. The standard InChI is InChI=1S/C4H6N2OS/c1-6-3(7)2-5-4(6)8/h2,7H,1H3,(H,5,8). The first kappa shape index (κ1) is 5.37. The van der Waals surface area contributed by atoms with Crippen molar-refractivity contribution in [3.05, 3.63) is 11.0 Å². The molecule has 0 aliphatic heterocycles. The van der Waals surface area contributed by atoms with Gasteiger partial charge in [0.05, 0.1) is 6.20 Å². The molecule has 0 saturated heterocycles. The van der Waals surface area contributed by atoms with E-state index in [9.17, 15) is 0 Å². The minimum absolute atomic E-state index is 0.162. The third kappa shape index (κ3) is 0.626. The quantitative estimate of drug-likeness (QED) is 0.510. The van der Waals surface area contributed by atoms with E-state index in [0.29, 0.717) is 4.77 Å². The molecule has 0 fully saturated rings. The van der Waals surface area contributed by atoms with E-state index in [1.54, 1.807) is 7.05 Å². The summed E-state index contributed by atoms with van der Waals surface area (Å²) in [7, 11) is 1.69. The lowest BCUT2D eigenvalue weighted by atomic mass is 10.8. The molecule has 1 heterocycles. The monoisotopic (exact) mass is 130 g/mol. The fraction of sp³-hybridized carbons (Fsp3) is 0.250. The first-order chi connectivity index (χ1) is 3.72. The highest BCUT2D eigenvalue weighted by Gasteiger charge is 1.91. The van der Waals surface area contributed by atoms with Gasteiger partial charge in [-0.2, -0.15) is 0 Å². The van der Waals surface area contributed by atoms with E-state index in [1.165, 1.54) is 10.8 Å². The van der Waals surface area contributed by atoms with Crippen LogP contribution in [0.3, 0.4) is 0 Å². The van der Waals surface area contributed by atoms with Crippen LogP contribution in [0.25, 0.3) is 0 Å². The van der Waals surface area contributed by atoms with Crippen molar-refractivity contribution in [3.8, 4) is 5.88 Å². The predicted molar refractivity (Wildman–Crippen MR) is 32.3 cm³/mol. The van der Waals surface area contributed by atoms with E-state index in [-0.39, 0.29) is 5.88 Å². The molecule has 0 aliphatic rings. The summed E-state index contributed by atoms with van der Waals surface area (Å²) < 4.78 is 2.01. The second-order valence-electron chi connectivity index (χ2n) is 1.51. The Morgan fingerprint density at radius 3 is 2.62 bits per heavy atom. The van der Waals surface area contributed by atoms with Crippen molar-refractivity contribution in [3.63, 3.8) is 0 Å². The van der Waals surface area contributed by atoms with Crippen molar-refractivity contribution in [1.29, 1.82) is 0 Å². The Balaban J connectivity index is 3.41. The zero-order valence-corrected chi connectivity index (χ0v) is 5.20. The molecule has 0 radical (unpaired) electrons. The average molecular weight is 130 g/mol. The molecule has 1 aromatic rings. The Morgan fingerprint density at radius 2 is 2.50 bits per heavy atom. The second-order valence-corrected chi connectivity index (χ2v) is 1.90. The number of nitrogens with zero attached hydrogens (tertiary/aromatic N) is 1. The molecule has 0 amide bonds. The van der Waals surface area contributed by atoms with E-state index in [4.69, 9.17) is 17.3 Å². The van der Waals surface area contributed by atoms with Gasteiger partial charge in [-0.3, -0.25) is 4.57 Å². The molecule has 4 heteroatoms. The topological polar surface area (TPSA) is 41.0 Å². The molecule has 3 nitrogen and oxygen atoms in total. The Hall–Kier alpha value is -0.770. The van der Waals surface area contributed by atoms with Crippen molar-refractivity contribution in [2.24, 2.45) is 7.05 Å². The summed E-state index contributed by atoms with van der Waals surface area (Å²) in [5, 5.41) is 8.81. The number of rotatable bonds is 0. The zero-order chi connectivity index (χ0) is 6.15. The van der Waals surface area contributed by atoms with Gasteiger partial charge in [-0.25, -0.2) is 0 Å². The van der Waals surface area contributed by atoms with Crippen LogP contribution in [0.4, 0.5) is 0 Å². The average Bonchev–Trinajstić information content (AvgIpc) is 1.98. The van der Waals surface area contributed by atoms with Crippen LogP contribution in [0.15, 0.2) is 6.20 Å². The molecular weight excluding hydrogens is 124 g/mol. The number of nitrogens with one attached hydrogen (secondary N) is 1. The Kier molecular flexibility index (Phi) is 1.09. The molecule has 0 atom stereocenters. The molecule has 1 rings (SSSR count). The Bertz CT molecular complexity index is 236. The van der Waals surface area contributed by atoms with Crippen LogP contribution < -0.4 is 0 Å². The Labute approximate surface area is 51.6 Å². The number of hydrogen-bond acceptors (Lipinski definition) is 2. The van der Waals surface area contributed by atoms with Crippen LogP contribution in [-0.2, 0) is 7.05 Å². The highest BCUT2D eigenvalue weighted by atomic mass is 32.1. The molecule has 1 aromatic heterocycles. The summed E-state index contributed by atoms with van der Waals surface area (Å²) in [6.07, 6.45) is 1.45. The van der Waals surface area contributed by atoms with Gasteiger partial charge in [0.15, 0.2) is 4.77 Å². The van der Waals surface area contributed by atoms with Gasteiger partial charge in [0.2, 0.25) is 5.88 Å². The molecule has 0 bridgehead atoms. The molecule has 44 valence electrons. The van der Waals surface area contributed by atoms with E-state index in [0.717, 1.165) is 0 Å². The summed E-state index contributed by atoms with van der Waals surface area (Å²) in [5.41, 5.74) is 0. The predicted octanol–water partition coefficient (Wildman–Crippen LogP) is 0.788. The first-order valence-electron chi connectivity index (χ1n) is 2.15. The third-order valence-electron chi connectivity index (χ3n) is 0.973. The summed E-state index contributed by atoms with van der Waals surface area (Å²) in [6, 6.07) is 0. The van der Waals surface area contributed by atoms with Crippen molar-refractivity contribution in [1.82, 2.24) is 9.55 Å². The minimum atomic E-state index is 0.162. The van der Waals surface area contributed by atoms with E-state index in [2.05, 4.69) is 4.98 Å². The third-order valence-corrected chi connectivity index (χ3v) is 1.36. The molecule has 0 spiro atoms. The lowest BCUT2D eigenvalue weighted by Gasteiger charge is -1.87. The molecule has 0 aromatic carbocycles. The maximum atomic E-state index is 8.81. The van der Waals surface area contributed by atoms with E-state index in [1.807, 2.05) is 0 Å². The van der Waals surface area contributed by atoms with Gasteiger partial charge < -0.3 is 10.1 Å². The van der Waals surface area contributed by atoms with Crippen LogP contribution >= 0.6 is 12.2 Å². The van der Waals surface area contributed by atoms with Gasteiger partial charge >= 0.3 is 0 Å². The second kappa shape index (κ2) is 1.63. The molecule has 0 aliphatic carbocycles. The van der Waals surface area contributed by atoms with Gasteiger partial charge in [-0.1, -0.05) is 0 Å². The fourth-order valence-corrected chi connectivity index (χ4v) is 0.576. The maximum absolute atomic E-state index is 8.81. The summed E-state index contributed by atoms with van der Waals surface area (Å²) in [4.78, 5) is 2.66. The zero-order valence-electron chi connectivity index (χ0n) is 4.38. The van der Waals surface area contributed by atoms with Gasteiger partial charge in [-0.05, 0) is 12.2 Å². The van der Waals surface area contributed by atoms with Crippen molar-refractivity contribution >= 4 is 12.2 Å². The van der Waals surface area contributed by atoms with E-state index < -0.39 is 0 Å². The van der Waals surface area contributed by atoms with Crippen molar-refractivity contribution < 1.29 is 5.11 Å². The molecule has 8 heavy (non-hydrogen) atoms. The smallest absolute Gasteiger partial charge is 0.209 e. The number of imidazole rings is 1. The number of aromatic nitrogens is 2. The number of hydrogen-bond donors (Lipinski definition) is 2. The summed E-state index contributed by atoms with van der Waals surface area (Å²) in [6.45, 7) is 0. The van der Waals surface area contributed by atoms with Crippen LogP contribution in [-0.4, -0.2) is 14.7 Å². The van der Waals surface area contributed by atoms with Crippen molar-refractivity contribution in [2.75, 3.05) is 0 Å². The Morgan fingerprint density at radius 1 is 1.88 bits per heavy atom. The summed E-state index contributed by atoms with van der Waals surface area (Å²) in [5.74, 6) is 0.162. The van der Waals surface area contributed by atoms with E-state index >= 15 is 0 Å². The van der Waals surface area contributed by atoms with Crippen molar-refractivity contribution in [2.45, 2.75) is 0 Å². The largest absolute Gasteiger partial charge is 0.493 e. The SMILES string of the molecule is Cn1c(O)c[nH]c1=S. The van der Waals surface area contributed by atoms with Gasteiger partial charge in [0.1, 0.15) is 0 Å². The molecule has 0 saturated carbocycles. The molecule has 2 N–H and O–H groups in total. The van der Waals surface area contributed by atoms with Crippen LogP contribution in [0, 0.1) is 4.77 Å². The highest BCUT2D eigenvalue weighted by Crippen LogP contribution is 2.03. The lowest BCUT2D eigenvalue weighted by Crippen LogP contribution is -1.83. The van der Waals surface area contributed by atoms with Gasteiger partial charge in [0, 0.05) is 7.05 Å². The normalized spacial score (nSPS) is 9.62. The first-order valence-corrected chi connectivity index (χ1v) is 2.56. The van der Waals surface area contributed by atoms with Gasteiger partial charge in [0.25, 0.3) is 0 Å². The summed E-state index contributed by atoms with van der Waals surface area (Å²) >= 11 is 4.72. The van der Waals surface area contributed by atoms with Crippen LogP contribution in [0.5, 0.6) is 5.88 Å². The lowest BCUT2D eigenvalue weighted by molar-refractivity contribution is 0.431. The number of aromatic amines is 1. The molecule has 0 unspecified atom stereocenters. The maximum Gasteiger partial charge on any atom is 0.209 e. The number of H-pyrrole nitrogens is 1. The van der Waals surface area contributed by atoms with Crippen LogP contribution in [0.1, 0.15) is 0 Å². The van der Waals surface area contributed by atoms with Gasteiger partial charge in [-0.15, -0.1) is 0 Å². The van der Waals surface area contributed by atoms with Crippen LogP contribution in [0.2, 0.25) is 0 Å². The highest BCUT2D eigenvalue weighted by molar-refractivity contribution is 7.71. The fourth-order valence-electron chi connectivity index (χ4n) is 0.424.